The highest BCUT2D eigenvalue weighted by Crippen LogP contribution is 2.24. The van der Waals surface area contributed by atoms with Crippen LogP contribution in [-0.4, -0.2) is 23.8 Å². The Morgan fingerprint density at radius 2 is 1.75 bits per heavy atom. The number of Topliss-reactive ketones (excluding diaryl/α,β-unsaturated/α-hetero) is 1. The molecule has 1 fully saturated rings. The summed E-state index contributed by atoms with van der Waals surface area (Å²) in [4.78, 5) is 13.8. The lowest BCUT2D eigenvalue weighted by atomic mass is 9.93. The third-order valence-corrected chi connectivity index (χ3v) is 4.44. The van der Waals surface area contributed by atoms with E-state index in [-0.39, 0.29) is 0 Å². The van der Waals surface area contributed by atoms with Crippen molar-refractivity contribution in [3.8, 4) is 0 Å². The Labute approximate surface area is 120 Å². The molecule has 1 aliphatic rings. The van der Waals surface area contributed by atoms with Gasteiger partial charge in [0.15, 0.2) is 0 Å². The number of benzene rings is 2. The summed E-state index contributed by atoms with van der Waals surface area (Å²) in [5.74, 6) is 0.430. The summed E-state index contributed by atoms with van der Waals surface area (Å²) in [5.41, 5.74) is 1.38. The highest BCUT2D eigenvalue weighted by molar-refractivity contribution is 5.85. The molecule has 20 heavy (non-hydrogen) atoms. The maximum atomic E-state index is 11.3. The van der Waals surface area contributed by atoms with Gasteiger partial charge in [0, 0.05) is 25.4 Å². The zero-order chi connectivity index (χ0) is 13.9. The van der Waals surface area contributed by atoms with E-state index in [1.807, 2.05) is 0 Å². The summed E-state index contributed by atoms with van der Waals surface area (Å²) in [6.45, 7) is 0.959. The van der Waals surface area contributed by atoms with Gasteiger partial charge in [-0.25, -0.2) is 0 Å². The first-order valence-electron chi connectivity index (χ1n) is 7.42. The molecule has 0 aromatic heterocycles. The number of rotatable bonds is 3. The first-order chi connectivity index (χ1) is 9.74. The molecule has 1 saturated carbocycles. The maximum Gasteiger partial charge on any atom is 0.133 e. The van der Waals surface area contributed by atoms with Gasteiger partial charge in [-0.2, -0.15) is 0 Å². The average Bonchev–Trinajstić information content (AvgIpc) is 2.48. The van der Waals surface area contributed by atoms with Crippen LogP contribution in [0.4, 0.5) is 0 Å². The number of carbonyl (C=O) groups excluding carboxylic acids is 1. The molecule has 3 rings (SSSR count). The second-order valence-electron chi connectivity index (χ2n) is 5.82. The number of nitrogens with zero attached hydrogens (tertiary/aromatic N) is 1. The quantitative estimate of drug-likeness (QED) is 0.843. The Bertz CT molecular complexity index is 604. The van der Waals surface area contributed by atoms with Crippen LogP contribution in [0.25, 0.3) is 10.8 Å². The molecule has 0 bridgehead atoms. The molecule has 0 unspecified atom stereocenters. The lowest BCUT2D eigenvalue weighted by molar-refractivity contribution is -0.121. The predicted octanol–water partition coefficient (Wildman–Crippen LogP) is 3.78. The van der Waals surface area contributed by atoms with E-state index in [0.717, 1.165) is 32.2 Å². The normalized spacial score (nSPS) is 17.0. The SMILES string of the molecule is CN(Cc1cccc2ccccc12)C1CCC(=O)CC1. The van der Waals surface area contributed by atoms with Crippen molar-refractivity contribution in [2.45, 2.75) is 38.3 Å². The molecule has 0 aliphatic heterocycles. The number of carbonyl (C=O) groups is 1. The van der Waals surface area contributed by atoms with E-state index in [2.05, 4.69) is 54.4 Å². The highest BCUT2D eigenvalue weighted by atomic mass is 16.1. The number of hydrogen-bond donors (Lipinski definition) is 0. The molecule has 1 aliphatic carbocycles. The van der Waals surface area contributed by atoms with Crippen LogP contribution in [0.5, 0.6) is 0 Å². The van der Waals surface area contributed by atoms with E-state index < -0.39 is 0 Å². The molecule has 0 spiro atoms. The maximum absolute atomic E-state index is 11.3. The van der Waals surface area contributed by atoms with Gasteiger partial charge in [0.25, 0.3) is 0 Å². The lowest BCUT2D eigenvalue weighted by Gasteiger charge is -2.31. The van der Waals surface area contributed by atoms with Crippen molar-refractivity contribution in [2.75, 3.05) is 7.05 Å². The molecular weight excluding hydrogens is 246 g/mol. The van der Waals surface area contributed by atoms with Crippen LogP contribution < -0.4 is 0 Å². The summed E-state index contributed by atoms with van der Waals surface area (Å²) in [6, 6.07) is 15.6. The molecular formula is C18H21NO. The van der Waals surface area contributed by atoms with Gasteiger partial charge in [-0.15, -0.1) is 0 Å². The Hall–Kier alpha value is -1.67. The van der Waals surface area contributed by atoms with Crippen molar-refractivity contribution < 1.29 is 4.79 Å². The van der Waals surface area contributed by atoms with Crippen molar-refractivity contribution in [2.24, 2.45) is 0 Å². The smallest absolute Gasteiger partial charge is 0.133 e. The van der Waals surface area contributed by atoms with Gasteiger partial charge >= 0.3 is 0 Å². The zero-order valence-corrected chi connectivity index (χ0v) is 12.0. The fraction of sp³-hybridized carbons (Fsp3) is 0.389. The van der Waals surface area contributed by atoms with Crippen LogP contribution in [0.3, 0.4) is 0 Å². The molecule has 0 amide bonds. The first kappa shape index (κ1) is 13.3. The third-order valence-electron chi connectivity index (χ3n) is 4.44. The summed E-state index contributed by atoms with van der Waals surface area (Å²) in [5, 5.41) is 2.64. The van der Waals surface area contributed by atoms with Gasteiger partial charge in [-0.1, -0.05) is 42.5 Å². The highest BCUT2D eigenvalue weighted by Gasteiger charge is 2.22. The van der Waals surface area contributed by atoms with Crippen molar-refractivity contribution in [3.05, 3.63) is 48.0 Å². The fourth-order valence-electron chi connectivity index (χ4n) is 3.19. The first-order valence-corrected chi connectivity index (χ1v) is 7.42. The van der Waals surface area contributed by atoms with Gasteiger partial charge in [-0.3, -0.25) is 9.69 Å². The van der Waals surface area contributed by atoms with Crippen molar-refractivity contribution in [1.82, 2.24) is 4.90 Å². The van der Waals surface area contributed by atoms with Gasteiger partial charge in [0.05, 0.1) is 0 Å². The minimum absolute atomic E-state index is 0.430. The van der Waals surface area contributed by atoms with Crippen LogP contribution >= 0.6 is 0 Å². The molecule has 0 saturated heterocycles. The van der Waals surface area contributed by atoms with Gasteiger partial charge in [-0.05, 0) is 36.2 Å². The van der Waals surface area contributed by atoms with Gasteiger partial charge < -0.3 is 0 Å². The molecule has 2 heteroatoms. The Morgan fingerprint density at radius 3 is 2.55 bits per heavy atom. The Morgan fingerprint density at radius 1 is 1.05 bits per heavy atom. The number of hydrogen-bond acceptors (Lipinski definition) is 2. The molecule has 2 aromatic carbocycles. The van der Waals surface area contributed by atoms with Crippen LogP contribution in [0.1, 0.15) is 31.2 Å². The van der Waals surface area contributed by atoms with E-state index in [0.29, 0.717) is 11.8 Å². The molecule has 2 nitrogen and oxygen atoms in total. The van der Waals surface area contributed by atoms with Crippen LogP contribution in [0.15, 0.2) is 42.5 Å². The monoisotopic (exact) mass is 267 g/mol. The molecule has 0 radical (unpaired) electrons. The minimum Gasteiger partial charge on any atom is -0.300 e. The van der Waals surface area contributed by atoms with E-state index in [1.165, 1.54) is 16.3 Å². The van der Waals surface area contributed by atoms with Gasteiger partial charge in [0.1, 0.15) is 5.78 Å². The average molecular weight is 267 g/mol. The second-order valence-corrected chi connectivity index (χ2v) is 5.82. The van der Waals surface area contributed by atoms with E-state index in [9.17, 15) is 4.79 Å². The van der Waals surface area contributed by atoms with Gasteiger partial charge in [0.2, 0.25) is 0 Å². The molecule has 2 aromatic rings. The fourth-order valence-corrected chi connectivity index (χ4v) is 3.19. The van der Waals surface area contributed by atoms with E-state index in [4.69, 9.17) is 0 Å². The molecule has 0 heterocycles. The van der Waals surface area contributed by atoms with E-state index >= 15 is 0 Å². The second kappa shape index (κ2) is 5.76. The number of ketones is 1. The minimum atomic E-state index is 0.430. The number of fused-ring (bicyclic) bond motifs is 1. The topological polar surface area (TPSA) is 20.3 Å². The predicted molar refractivity (Wildman–Crippen MR) is 82.7 cm³/mol. The third kappa shape index (κ3) is 2.75. The lowest BCUT2D eigenvalue weighted by Crippen LogP contribution is -2.34. The summed E-state index contributed by atoms with van der Waals surface area (Å²) in [7, 11) is 2.18. The molecule has 0 N–H and O–H groups in total. The van der Waals surface area contributed by atoms with Crippen LogP contribution in [0.2, 0.25) is 0 Å². The summed E-state index contributed by atoms with van der Waals surface area (Å²) < 4.78 is 0. The molecule has 104 valence electrons. The summed E-state index contributed by atoms with van der Waals surface area (Å²) in [6.07, 6.45) is 3.54. The van der Waals surface area contributed by atoms with Crippen LogP contribution in [-0.2, 0) is 11.3 Å². The van der Waals surface area contributed by atoms with E-state index in [1.54, 1.807) is 0 Å². The summed E-state index contributed by atoms with van der Waals surface area (Å²) >= 11 is 0. The molecule has 0 atom stereocenters. The Kier molecular flexibility index (Phi) is 3.83. The zero-order valence-electron chi connectivity index (χ0n) is 12.0. The largest absolute Gasteiger partial charge is 0.300 e. The van der Waals surface area contributed by atoms with Crippen LogP contribution in [0, 0.1) is 0 Å². The van der Waals surface area contributed by atoms with Crippen molar-refractivity contribution in [1.29, 1.82) is 0 Å². The van der Waals surface area contributed by atoms with Crippen molar-refractivity contribution in [3.63, 3.8) is 0 Å². The van der Waals surface area contributed by atoms with Crippen molar-refractivity contribution >= 4 is 16.6 Å². The Balaban J connectivity index is 1.77. The standard InChI is InChI=1S/C18H21NO/c1-19(16-9-11-17(20)12-10-16)13-15-7-4-6-14-5-2-3-8-18(14)15/h2-8,16H,9-13H2,1H3.